The van der Waals surface area contributed by atoms with Crippen LogP contribution < -0.4 is 4.74 Å². The molecule has 0 aliphatic carbocycles. The van der Waals surface area contributed by atoms with Crippen molar-refractivity contribution in [2.45, 2.75) is 25.9 Å². The molecule has 0 aliphatic heterocycles. The quantitative estimate of drug-likeness (QED) is 0.599. The first-order valence-electron chi connectivity index (χ1n) is 8.73. The van der Waals surface area contributed by atoms with E-state index in [2.05, 4.69) is 44.7 Å². The van der Waals surface area contributed by atoms with Gasteiger partial charge in [0.25, 0.3) is 0 Å². The minimum Gasteiger partial charge on any atom is -0.508 e. The zero-order valence-corrected chi connectivity index (χ0v) is 15.3. The van der Waals surface area contributed by atoms with Crippen LogP contribution in [0.2, 0.25) is 0 Å². The molecule has 0 fully saturated rings. The first kappa shape index (κ1) is 17.8. The van der Waals surface area contributed by atoms with Crippen molar-refractivity contribution in [3.05, 3.63) is 102 Å². The van der Waals surface area contributed by atoms with Crippen molar-refractivity contribution < 1.29 is 9.84 Å². The van der Waals surface area contributed by atoms with Gasteiger partial charge in [-0.05, 0) is 46.5 Å². The topological polar surface area (TPSA) is 29.5 Å². The molecule has 1 N–H and O–H groups in total. The summed E-state index contributed by atoms with van der Waals surface area (Å²) in [7, 11) is 0. The third-order valence-corrected chi connectivity index (χ3v) is 4.79. The van der Waals surface area contributed by atoms with Crippen molar-refractivity contribution in [1.29, 1.82) is 0 Å². The molecule has 2 nitrogen and oxygen atoms in total. The zero-order valence-electron chi connectivity index (χ0n) is 15.3. The molecule has 0 aliphatic rings. The van der Waals surface area contributed by atoms with Crippen LogP contribution in [0, 0.1) is 0 Å². The van der Waals surface area contributed by atoms with Gasteiger partial charge in [-0.2, -0.15) is 0 Å². The van der Waals surface area contributed by atoms with E-state index >= 15 is 0 Å². The molecule has 3 aromatic rings. The van der Waals surface area contributed by atoms with Gasteiger partial charge in [-0.15, -0.1) is 0 Å². The predicted molar refractivity (Wildman–Crippen MR) is 108 cm³/mol. The van der Waals surface area contributed by atoms with Crippen LogP contribution in [0.1, 0.15) is 36.1 Å². The Hall–Kier alpha value is -3.00. The van der Waals surface area contributed by atoms with Crippen molar-refractivity contribution in [3.63, 3.8) is 0 Å². The normalized spacial score (nSPS) is 11.2. The number of phenols is 1. The second-order valence-corrected chi connectivity index (χ2v) is 6.93. The fraction of sp³-hybridized carbons (Fsp3) is 0.167. The largest absolute Gasteiger partial charge is 0.508 e. The van der Waals surface area contributed by atoms with E-state index in [0.29, 0.717) is 6.61 Å². The number of hydrogen-bond acceptors (Lipinski definition) is 2. The molecule has 0 atom stereocenters. The molecule has 132 valence electrons. The second kappa shape index (κ2) is 7.49. The summed E-state index contributed by atoms with van der Waals surface area (Å²) in [6.45, 7) is 8.66. The highest BCUT2D eigenvalue weighted by molar-refractivity contribution is 5.47. The first-order valence-corrected chi connectivity index (χ1v) is 8.73. The van der Waals surface area contributed by atoms with Crippen molar-refractivity contribution in [2.75, 3.05) is 0 Å². The van der Waals surface area contributed by atoms with Crippen LogP contribution >= 0.6 is 0 Å². The molecule has 0 unspecified atom stereocenters. The summed E-state index contributed by atoms with van der Waals surface area (Å²) in [5, 5.41) is 9.49. The molecule has 0 aromatic heterocycles. The van der Waals surface area contributed by atoms with Crippen LogP contribution in [0.3, 0.4) is 0 Å². The molecule has 3 aromatic carbocycles. The summed E-state index contributed by atoms with van der Waals surface area (Å²) in [6, 6.07) is 23.8. The average Bonchev–Trinajstić information content (AvgIpc) is 2.67. The van der Waals surface area contributed by atoms with Crippen molar-refractivity contribution in [2.24, 2.45) is 0 Å². The Morgan fingerprint density at radius 2 is 1.38 bits per heavy atom. The third kappa shape index (κ3) is 3.97. The van der Waals surface area contributed by atoms with E-state index in [1.807, 2.05) is 42.5 Å². The molecular formula is C24H24O2. The maximum absolute atomic E-state index is 9.49. The molecule has 26 heavy (non-hydrogen) atoms. The lowest BCUT2D eigenvalue weighted by atomic mass is 9.78. The zero-order chi connectivity index (χ0) is 18.6. The number of rotatable bonds is 6. The summed E-state index contributed by atoms with van der Waals surface area (Å²) < 4.78 is 5.90. The van der Waals surface area contributed by atoms with E-state index in [9.17, 15) is 5.11 Å². The van der Waals surface area contributed by atoms with E-state index in [4.69, 9.17) is 4.74 Å². The molecule has 2 heteroatoms. The van der Waals surface area contributed by atoms with E-state index in [-0.39, 0.29) is 11.2 Å². The number of phenolic OH excluding ortho intramolecular Hbond substituents is 1. The van der Waals surface area contributed by atoms with Gasteiger partial charge in [-0.3, -0.25) is 0 Å². The van der Waals surface area contributed by atoms with Crippen LogP contribution in [0.4, 0.5) is 0 Å². The van der Waals surface area contributed by atoms with Crippen LogP contribution in [0.25, 0.3) is 6.08 Å². The summed E-state index contributed by atoms with van der Waals surface area (Å²) in [5.74, 6) is 1.14. The Labute approximate surface area is 155 Å². The third-order valence-electron chi connectivity index (χ3n) is 4.79. The number of aromatic hydroxyl groups is 1. The lowest BCUT2D eigenvalue weighted by Gasteiger charge is -2.26. The van der Waals surface area contributed by atoms with Gasteiger partial charge >= 0.3 is 0 Å². The van der Waals surface area contributed by atoms with Crippen LogP contribution in [-0.2, 0) is 12.0 Å². The van der Waals surface area contributed by atoms with Gasteiger partial charge in [0.05, 0.1) is 0 Å². The Morgan fingerprint density at radius 1 is 0.846 bits per heavy atom. The van der Waals surface area contributed by atoms with E-state index < -0.39 is 0 Å². The summed E-state index contributed by atoms with van der Waals surface area (Å²) >= 11 is 0. The van der Waals surface area contributed by atoms with E-state index in [1.165, 1.54) is 5.56 Å². The van der Waals surface area contributed by atoms with Gasteiger partial charge in [0.2, 0.25) is 0 Å². The van der Waals surface area contributed by atoms with Crippen molar-refractivity contribution in [3.8, 4) is 11.5 Å². The highest BCUT2D eigenvalue weighted by Gasteiger charge is 2.22. The SMILES string of the molecule is C=Cc1ccc(COc2ccc(C(C)(C)c3ccc(O)cc3)cc2)cc1. The van der Waals surface area contributed by atoms with E-state index in [0.717, 1.165) is 22.4 Å². The maximum Gasteiger partial charge on any atom is 0.119 e. The molecule has 0 heterocycles. The Balaban J connectivity index is 1.69. The highest BCUT2D eigenvalue weighted by Crippen LogP contribution is 2.33. The number of benzene rings is 3. The monoisotopic (exact) mass is 344 g/mol. The van der Waals surface area contributed by atoms with E-state index in [1.54, 1.807) is 12.1 Å². The molecule has 0 saturated heterocycles. The second-order valence-electron chi connectivity index (χ2n) is 6.93. The smallest absolute Gasteiger partial charge is 0.119 e. The lowest BCUT2D eigenvalue weighted by Crippen LogP contribution is -2.18. The Morgan fingerprint density at radius 3 is 1.92 bits per heavy atom. The Kier molecular flexibility index (Phi) is 5.13. The van der Waals surface area contributed by atoms with Crippen molar-refractivity contribution >= 4 is 6.08 Å². The minimum absolute atomic E-state index is 0.146. The molecule has 0 spiro atoms. The molecular weight excluding hydrogens is 320 g/mol. The molecule has 0 bridgehead atoms. The highest BCUT2D eigenvalue weighted by atomic mass is 16.5. The molecule has 0 radical (unpaired) electrons. The number of ether oxygens (including phenoxy) is 1. The average molecular weight is 344 g/mol. The molecule has 0 saturated carbocycles. The van der Waals surface area contributed by atoms with Crippen molar-refractivity contribution in [1.82, 2.24) is 0 Å². The van der Waals surface area contributed by atoms with Gasteiger partial charge in [0, 0.05) is 5.41 Å². The fourth-order valence-corrected chi connectivity index (χ4v) is 2.93. The van der Waals surface area contributed by atoms with Gasteiger partial charge in [-0.25, -0.2) is 0 Å². The van der Waals surface area contributed by atoms with Gasteiger partial charge in [0.1, 0.15) is 18.1 Å². The molecule has 0 amide bonds. The van der Waals surface area contributed by atoms with Crippen LogP contribution in [-0.4, -0.2) is 5.11 Å². The standard InChI is InChI=1S/C24H24O2/c1-4-18-5-7-19(8-6-18)17-26-23-15-11-21(12-16-23)24(2,3)20-9-13-22(25)14-10-20/h4-16,25H,1,17H2,2-3H3. The minimum atomic E-state index is -0.146. The van der Waals surface area contributed by atoms with Gasteiger partial charge in [-0.1, -0.05) is 75.0 Å². The Bertz CT molecular complexity index is 858. The lowest BCUT2D eigenvalue weighted by molar-refractivity contribution is 0.306. The number of hydrogen-bond donors (Lipinski definition) is 1. The fourth-order valence-electron chi connectivity index (χ4n) is 2.93. The summed E-state index contributed by atoms with van der Waals surface area (Å²) in [5.41, 5.74) is 4.45. The van der Waals surface area contributed by atoms with Crippen LogP contribution in [0.15, 0.2) is 79.4 Å². The van der Waals surface area contributed by atoms with Gasteiger partial charge in [0.15, 0.2) is 0 Å². The molecule has 3 rings (SSSR count). The summed E-state index contributed by atoms with van der Waals surface area (Å²) in [4.78, 5) is 0. The first-order chi connectivity index (χ1) is 12.5. The maximum atomic E-state index is 9.49. The van der Waals surface area contributed by atoms with Gasteiger partial charge < -0.3 is 9.84 Å². The summed E-state index contributed by atoms with van der Waals surface area (Å²) in [6.07, 6.45) is 1.83. The predicted octanol–water partition coefficient (Wildman–Crippen LogP) is 5.94. The van der Waals surface area contributed by atoms with Crippen LogP contribution in [0.5, 0.6) is 11.5 Å².